The van der Waals surface area contributed by atoms with E-state index in [1.807, 2.05) is 24.5 Å². The molecule has 0 aliphatic heterocycles. The first kappa shape index (κ1) is 10.8. The fourth-order valence-electron chi connectivity index (χ4n) is 2.18. The van der Waals surface area contributed by atoms with Gasteiger partial charge in [-0.25, -0.2) is 0 Å². The molecule has 0 aliphatic rings. The normalized spacial score (nSPS) is 10.5. The topological polar surface area (TPSA) is 16.1 Å². The Morgan fingerprint density at radius 1 is 0.889 bits per heavy atom. The van der Waals surface area contributed by atoms with Crippen LogP contribution in [0.15, 0.2) is 67.0 Å². The van der Waals surface area contributed by atoms with Crippen LogP contribution in [0, 0.1) is 0 Å². The van der Waals surface area contributed by atoms with E-state index in [-0.39, 0.29) is 0 Å². The maximum Gasteiger partial charge on any atom is 0.0503 e. The van der Waals surface area contributed by atoms with Crippen molar-refractivity contribution < 1.29 is 0 Å². The molecule has 1 aromatic heterocycles. The summed E-state index contributed by atoms with van der Waals surface area (Å²) >= 11 is 0. The van der Waals surface area contributed by atoms with Crippen LogP contribution in [0.2, 0.25) is 0 Å². The highest BCUT2D eigenvalue weighted by Gasteiger charge is 2.07. The molecule has 0 saturated heterocycles. The number of fused-ring (bicyclic) bond motifs is 1. The highest BCUT2D eigenvalue weighted by molar-refractivity contribution is 5.95. The van der Waals surface area contributed by atoms with Crippen LogP contribution in [0.3, 0.4) is 0 Å². The summed E-state index contributed by atoms with van der Waals surface area (Å²) in [6, 6.07) is 18.7. The van der Waals surface area contributed by atoms with Gasteiger partial charge >= 0.3 is 0 Å². The van der Waals surface area contributed by atoms with E-state index < -0.39 is 0 Å². The number of hydrogen-bond donors (Lipinski definition) is 0. The lowest BCUT2D eigenvalue weighted by Crippen LogP contribution is -2.09. The van der Waals surface area contributed by atoms with Crippen LogP contribution in [0.1, 0.15) is 0 Å². The van der Waals surface area contributed by atoms with Crippen molar-refractivity contribution in [3.8, 4) is 0 Å². The van der Waals surface area contributed by atoms with E-state index in [1.54, 1.807) is 0 Å². The van der Waals surface area contributed by atoms with Gasteiger partial charge in [0, 0.05) is 30.5 Å². The van der Waals surface area contributed by atoms with Gasteiger partial charge in [0.25, 0.3) is 0 Å². The second-order valence-corrected chi connectivity index (χ2v) is 4.27. The molecular weight excluding hydrogens is 220 g/mol. The molecule has 0 fully saturated rings. The van der Waals surface area contributed by atoms with E-state index in [4.69, 9.17) is 0 Å². The first-order chi connectivity index (χ1) is 8.86. The minimum absolute atomic E-state index is 1.17. The van der Waals surface area contributed by atoms with E-state index in [1.165, 1.54) is 22.1 Å². The van der Waals surface area contributed by atoms with Gasteiger partial charge in [-0.05, 0) is 29.7 Å². The first-order valence-electron chi connectivity index (χ1n) is 5.98. The van der Waals surface area contributed by atoms with E-state index in [0.717, 1.165) is 0 Å². The smallest absolute Gasteiger partial charge is 0.0503 e. The van der Waals surface area contributed by atoms with Crippen molar-refractivity contribution in [1.82, 2.24) is 4.98 Å². The maximum absolute atomic E-state index is 4.22. The van der Waals surface area contributed by atoms with Crippen molar-refractivity contribution in [2.24, 2.45) is 0 Å². The number of rotatable bonds is 2. The molecule has 88 valence electrons. The number of pyridine rings is 1. The minimum Gasteiger partial charge on any atom is -0.344 e. The molecular formula is C16H14N2. The number of anilines is 2. The van der Waals surface area contributed by atoms with Crippen molar-refractivity contribution in [2.75, 3.05) is 11.9 Å². The molecule has 0 unspecified atom stereocenters. The molecule has 0 N–H and O–H groups in total. The summed E-state index contributed by atoms with van der Waals surface area (Å²) in [5.74, 6) is 0. The molecule has 3 aromatic rings. The van der Waals surface area contributed by atoms with Crippen molar-refractivity contribution in [2.45, 2.75) is 0 Å². The van der Waals surface area contributed by atoms with Gasteiger partial charge in [-0.3, -0.25) is 4.98 Å². The Hall–Kier alpha value is -2.35. The zero-order chi connectivity index (χ0) is 12.4. The number of benzene rings is 2. The largest absolute Gasteiger partial charge is 0.344 e. The lowest BCUT2D eigenvalue weighted by atomic mass is 10.1. The Balaban J connectivity index is 2.15. The second-order valence-electron chi connectivity index (χ2n) is 4.27. The monoisotopic (exact) mass is 234 g/mol. The fourth-order valence-corrected chi connectivity index (χ4v) is 2.18. The van der Waals surface area contributed by atoms with Crippen molar-refractivity contribution in [3.63, 3.8) is 0 Å². The summed E-state index contributed by atoms with van der Waals surface area (Å²) in [4.78, 5) is 6.41. The molecule has 0 bridgehead atoms. The summed E-state index contributed by atoms with van der Waals surface area (Å²) < 4.78 is 0. The standard InChI is InChI=1S/C16H14N2/c1-18(14-7-3-2-4-8-14)16-9-5-6-13-10-11-17-12-15(13)16/h2-12H,1H3. The average molecular weight is 234 g/mol. The van der Waals surface area contributed by atoms with Gasteiger partial charge in [-0.1, -0.05) is 30.3 Å². The Kier molecular flexibility index (Phi) is 2.69. The Morgan fingerprint density at radius 3 is 2.56 bits per heavy atom. The third kappa shape index (κ3) is 1.82. The van der Waals surface area contributed by atoms with E-state index in [0.29, 0.717) is 0 Å². The summed E-state index contributed by atoms with van der Waals surface area (Å²) in [5, 5.41) is 2.39. The highest BCUT2D eigenvalue weighted by Crippen LogP contribution is 2.30. The number of para-hydroxylation sites is 1. The predicted molar refractivity (Wildman–Crippen MR) is 76.2 cm³/mol. The number of aromatic nitrogens is 1. The lowest BCUT2D eigenvalue weighted by molar-refractivity contribution is 1.22. The third-order valence-corrected chi connectivity index (χ3v) is 3.17. The van der Waals surface area contributed by atoms with Crippen LogP contribution in [-0.2, 0) is 0 Å². The van der Waals surface area contributed by atoms with E-state index in [9.17, 15) is 0 Å². The Morgan fingerprint density at radius 2 is 1.72 bits per heavy atom. The summed E-state index contributed by atoms with van der Waals surface area (Å²) in [5.41, 5.74) is 2.35. The Bertz CT molecular complexity index is 657. The highest BCUT2D eigenvalue weighted by atomic mass is 15.1. The SMILES string of the molecule is CN(c1ccccc1)c1cccc2ccncc12. The van der Waals surface area contributed by atoms with Crippen LogP contribution in [0.25, 0.3) is 10.8 Å². The molecule has 0 radical (unpaired) electrons. The molecule has 18 heavy (non-hydrogen) atoms. The molecule has 2 aromatic carbocycles. The van der Waals surface area contributed by atoms with Gasteiger partial charge in [0.1, 0.15) is 0 Å². The van der Waals surface area contributed by atoms with Gasteiger partial charge in [-0.15, -0.1) is 0 Å². The molecule has 0 atom stereocenters. The van der Waals surface area contributed by atoms with Gasteiger partial charge < -0.3 is 4.90 Å². The van der Waals surface area contributed by atoms with Crippen molar-refractivity contribution >= 4 is 22.1 Å². The molecule has 0 saturated carbocycles. The maximum atomic E-state index is 4.22. The zero-order valence-corrected chi connectivity index (χ0v) is 10.2. The lowest BCUT2D eigenvalue weighted by Gasteiger charge is -2.21. The summed E-state index contributed by atoms with van der Waals surface area (Å²) in [6.45, 7) is 0. The van der Waals surface area contributed by atoms with E-state index >= 15 is 0 Å². The molecule has 0 spiro atoms. The minimum atomic E-state index is 1.17. The molecule has 3 rings (SSSR count). The van der Waals surface area contributed by atoms with Crippen LogP contribution in [0.5, 0.6) is 0 Å². The third-order valence-electron chi connectivity index (χ3n) is 3.17. The quantitative estimate of drug-likeness (QED) is 0.666. The Labute approximate surface area is 107 Å². The summed E-state index contributed by atoms with van der Waals surface area (Å²) in [7, 11) is 2.08. The van der Waals surface area contributed by atoms with Gasteiger partial charge in [0.2, 0.25) is 0 Å². The zero-order valence-electron chi connectivity index (χ0n) is 10.2. The predicted octanol–water partition coefficient (Wildman–Crippen LogP) is 4.00. The molecule has 2 nitrogen and oxygen atoms in total. The van der Waals surface area contributed by atoms with Crippen LogP contribution in [-0.4, -0.2) is 12.0 Å². The van der Waals surface area contributed by atoms with Gasteiger partial charge in [0.05, 0.1) is 5.69 Å². The van der Waals surface area contributed by atoms with Crippen molar-refractivity contribution in [3.05, 3.63) is 67.0 Å². The molecule has 0 aliphatic carbocycles. The molecule has 0 amide bonds. The summed E-state index contributed by atoms with van der Waals surface area (Å²) in [6.07, 6.45) is 3.75. The van der Waals surface area contributed by atoms with E-state index in [2.05, 4.69) is 59.4 Å². The number of hydrogen-bond acceptors (Lipinski definition) is 2. The fraction of sp³-hybridized carbons (Fsp3) is 0.0625. The molecule has 2 heteroatoms. The van der Waals surface area contributed by atoms with Gasteiger partial charge in [-0.2, -0.15) is 0 Å². The van der Waals surface area contributed by atoms with Gasteiger partial charge in [0.15, 0.2) is 0 Å². The number of nitrogens with zero attached hydrogens (tertiary/aromatic N) is 2. The molecule has 1 heterocycles. The average Bonchev–Trinajstić information content (AvgIpc) is 2.47. The van der Waals surface area contributed by atoms with Crippen LogP contribution >= 0.6 is 0 Å². The first-order valence-corrected chi connectivity index (χ1v) is 5.98. The van der Waals surface area contributed by atoms with Crippen LogP contribution in [0.4, 0.5) is 11.4 Å². The van der Waals surface area contributed by atoms with Crippen LogP contribution < -0.4 is 4.90 Å². The second kappa shape index (κ2) is 4.49. The van der Waals surface area contributed by atoms with Crippen molar-refractivity contribution in [1.29, 1.82) is 0 Å².